The van der Waals surface area contributed by atoms with E-state index in [-0.39, 0.29) is 55.1 Å². The van der Waals surface area contributed by atoms with Crippen LogP contribution in [0.15, 0.2) is 24.3 Å². The second-order valence-corrected chi connectivity index (χ2v) is 19.5. The van der Waals surface area contributed by atoms with Gasteiger partial charge in [0.15, 0.2) is 0 Å². The highest BCUT2D eigenvalue weighted by Gasteiger charge is 2.62. The van der Waals surface area contributed by atoms with Gasteiger partial charge in [-0.15, -0.1) is 0 Å². The number of sulfonamides is 1. The molecule has 0 spiro atoms. The molecule has 3 amide bonds. The quantitative estimate of drug-likeness (QED) is 0.325. The SMILES string of the molecule is CC[C@@H]1C[C@]1(NC(=O)[C@@H]1C[C@@H]2CN1C(=O)[C@H](C1CCCC1)CC(=O)O[C@@H]1CCC[C@H]1CCCCCc1c(nc3ccccc3c1OC)O2)C(=O)NS(=O)(=O)C1CC1. The molecule has 1 saturated heterocycles. The van der Waals surface area contributed by atoms with E-state index in [4.69, 9.17) is 19.2 Å². The predicted octanol–water partition coefficient (Wildman–Crippen LogP) is 5.51. The maximum atomic E-state index is 15.0. The second kappa shape index (κ2) is 16.4. The van der Waals surface area contributed by atoms with E-state index in [1.807, 2.05) is 31.2 Å². The minimum absolute atomic E-state index is 0.0330. The Morgan fingerprint density at radius 3 is 2.42 bits per heavy atom. The molecule has 5 fully saturated rings. The summed E-state index contributed by atoms with van der Waals surface area (Å²) < 4.78 is 46.9. The lowest BCUT2D eigenvalue weighted by Gasteiger charge is -2.32. The molecule has 14 heteroatoms. The average Bonchev–Trinajstić information content (AvgIpc) is 3.98. The molecule has 4 aliphatic carbocycles. The van der Waals surface area contributed by atoms with E-state index < -0.39 is 50.7 Å². The van der Waals surface area contributed by atoms with Crippen molar-refractivity contribution in [2.24, 2.45) is 23.7 Å². The van der Waals surface area contributed by atoms with Crippen molar-refractivity contribution in [3.63, 3.8) is 0 Å². The summed E-state index contributed by atoms with van der Waals surface area (Å²) in [6, 6.07) is 6.72. The molecule has 2 aliphatic heterocycles. The largest absolute Gasteiger partial charge is 0.496 e. The standard InChI is InChI=1S/C43H58N4O9S/c1-3-28-24-43(28,42(51)46-57(52,53)30-20-21-30)45-39(49)35-22-29-25-47(35)41(50)33(26-12-7-8-13-26)23-37(48)56-36-19-11-15-27(36)14-5-4-6-17-32-38(54-2)31-16-9-10-18-34(31)44-40(32)55-29/h9-10,16,18,26-30,33,35-36H,3-8,11-15,17,19-25H2,1-2H3,(H,45,49)(H,46,51)/t27-,28-,29-,33+,35+,36-,43-/m1/s1. The lowest BCUT2D eigenvalue weighted by atomic mass is 9.86. The molecule has 2 aromatic rings. The number of nitrogens with one attached hydrogen (secondary N) is 2. The van der Waals surface area contributed by atoms with Gasteiger partial charge in [0.2, 0.25) is 27.7 Å². The summed E-state index contributed by atoms with van der Waals surface area (Å²) >= 11 is 0. The van der Waals surface area contributed by atoms with E-state index in [0.29, 0.717) is 49.3 Å². The molecule has 0 unspecified atom stereocenters. The van der Waals surface area contributed by atoms with E-state index in [1.54, 1.807) is 12.0 Å². The maximum absolute atomic E-state index is 15.0. The van der Waals surface area contributed by atoms with Gasteiger partial charge < -0.3 is 24.4 Å². The molecule has 2 bridgehead atoms. The smallest absolute Gasteiger partial charge is 0.306 e. The second-order valence-electron chi connectivity index (χ2n) is 17.5. The van der Waals surface area contributed by atoms with Gasteiger partial charge in [0.25, 0.3) is 5.91 Å². The van der Waals surface area contributed by atoms with Crippen LogP contribution in [0, 0.1) is 23.7 Å². The number of pyridine rings is 1. The molecule has 0 radical (unpaired) electrons. The first-order valence-electron chi connectivity index (χ1n) is 21.5. The van der Waals surface area contributed by atoms with Crippen molar-refractivity contribution in [2.75, 3.05) is 13.7 Å². The zero-order chi connectivity index (χ0) is 39.9. The van der Waals surface area contributed by atoms with Crippen molar-refractivity contribution in [1.29, 1.82) is 0 Å². The third-order valence-electron chi connectivity index (χ3n) is 13.8. The van der Waals surface area contributed by atoms with Crippen LogP contribution in [-0.2, 0) is 40.4 Å². The van der Waals surface area contributed by atoms with Crippen molar-refractivity contribution in [1.82, 2.24) is 19.9 Å². The molecule has 8 rings (SSSR count). The number of nitrogens with zero attached hydrogens (tertiary/aromatic N) is 2. The lowest BCUT2D eigenvalue weighted by molar-refractivity contribution is -0.156. The molecule has 13 nitrogen and oxygen atoms in total. The van der Waals surface area contributed by atoms with Crippen molar-refractivity contribution in [3.05, 3.63) is 29.8 Å². The Morgan fingerprint density at radius 2 is 1.68 bits per heavy atom. The van der Waals surface area contributed by atoms with Crippen LogP contribution < -0.4 is 19.5 Å². The minimum Gasteiger partial charge on any atom is -0.496 e. The number of hydrogen-bond acceptors (Lipinski definition) is 10. The van der Waals surface area contributed by atoms with Gasteiger partial charge in [-0.3, -0.25) is 23.9 Å². The van der Waals surface area contributed by atoms with Gasteiger partial charge in [-0.25, -0.2) is 13.4 Å². The Labute approximate surface area is 335 Å². The van der Waals surface area contributed by atoms with Gasteiger partial charge in [-0.1, -0.05) is 51.2 Å². The summed E-state index contributed by atoms with van der Waals surface area (Å²) in [6.45, 7) is 1.97. The van der Waals surface area contributed by atoms with Crippen LogP contribution in [0.25, 0.3) is 10.9 Å². The summed E-state index contributed by atoms with van der Waals surface area (Å²) in [7, 11) is -2.20. The molecule has 2 N–H and O–H groups in total. The van der Waals surface area contributed by atoms with Gasteiger partial charge >= 0.3 is 5.97 Å². The normalized spacial score (nSPS) is 31.4. The van der Waals surface area contributed by atoms with Crippen LogP contribution in [0.4, 0.5) is 0 Å². The van der Waals surface area contributed by atoms with E-state index in [2.05, 4.69) is 10.0 Å². The fourth-order valence-electron chi connectivity index (χ4n) is 10.4. The summed E-state index contributed by atoms with van der Waals surface area (Å²) in [4.78, 5) is 63.6. The first-order valence-corrected chi connectivity index (χ1v) is 23.1. The van der Waals surface area contributed by atoms with Crippen LogP contribution in [-0.4, -0.2) is 84.7 Å². The van der Waals surface area contributed by atoms with Crippen molar-refractivity contribution >= 4 is 44.6 Å². The number of carbonyl (C=O) groups is 4. The van der Waals surface area contributed by atoms with Crippen molar-refractivity contribution in [3.8, 4) is 11.6 Å². The van der Waals surface area contributed by atoms with Crippen molar-refractivity contribution in [2.45, 2.75) is 152 Å². The Kier molecular flexibility index (Phi) is 11.4. The molecule has 4 saturated carbocycles. The number of amides is 3. The molecular formula is C43H58N4O9S. The zero-order valence-corrected chi connectivity index (χ0v) is 34.2. The monoisotopic (exact) mass is 806 g/mol. The Hall–Kier alpha value is -3.94. The Morgan fingerprint density at radius 1 is 0.947 bits per heavy atom. The number of rotatable bonds is 8. The van der Waals surface area contributed by atoms with Crippen LogP contribution in [0.3, 0.4) is 0 Å². The number of hydrogen-bond donors (Lipinski definition) is 2. The van der Waals surface area contributed by atoms with Gasteiger partial charge in [-0.05, 0) is 101 Å². The zero-order valence-electron chi connectivity index (χ0n) is 33.3. The van der Waals surface area contributed by atoms with Gasteiger partial charge in [0, 0.05) is 11.8 Å². The van der Waals surface area contributed by atoms with Gasteiger partial charge in [0.1, 0.15) is 29.5 Å². The molecule has 7 atom stereocenters. The number of aromatic nitrogens is 1. The van der Waals surface area contributed by atoms with Crippen LogP contribution in [0.1, 0.15) is 122 Å². The van der Waals surface area contributed by atoms with E-state index in [0.717, 1.165) is 81.6 Å². The topological polar surface area (TPSA) is 170 Å². The summed E-state index contributed by atoms with van der Waals surface area (Å²) in [5, 5.41) is 3.24. The van der Waals surface area contributed by atoms with E-state index in [9.17, 15) is 27.6 Å². The Bertz CT molecular complexity index is 1980. The molecule has 6 aliphatic rings. The first kappa shape index (κ1) is 39.9. The van der Waals surface area contributed by atoms with Crippen LogP contribution in [0.5, 0.6) is 11.6 Å². The number of para-hydroxylation sites is 1. The number of fused-ring (bicyclic) bond motifs is 5. The summed E-state index contributed by atoms with van der Waals surface area (Å²) in [6.07, 6.45) is 12.0. The van der Waals surface area contributed by atoms with Gasteiger partial charge in [-0.2, -0.15) is 0 Å². The fraction of sp³-hybridized carbons (Fsp3) is 0.698. The highest BCUT2D eigenvalue weighted by molar-refractivity contribution is 7.91. The molecular weight excluding hydrogens is 749 g/mol. The number of ether oxygens (including phenoxy) is 3. The maximum Gasteiger partial charge on any atom is 0.306 e. The third-order valence-corrected chi connectivity index (χ3v) is 15.6. The Balaban J connectivity index is 1.14. The lowest BCUT2D eigenvalue weighted by Crippen LogP contribution is -2.57. The number of benzene rings is 1. The summed E-state index contributed by atoms with van der Waals surface area (Å²) in [5.41, 5.74) is 0.146. The third kappa shape index (κ3) is 8.21. The minimum atomic E-state index is -3.85. The molecule has 3 heterocycles. The van der Waals surface area contributed by atoms with Crippen LogP contribution in [0.2, 0.25) is 0 Å². The average molecular weight is 807 g/mol. The fourth-order valence-corrected chi connectivity index (χ4v) is 11.7. The number of esters is 1. The molecule has 1 aromatic heterocycles. The van der Waals surface area contributed by atoms with Gasteiger partial charge in [0.05, 0.1) is 42.3 Å². The van der Waals surface area contributed by atoms with E-state index in [1.165, 1.54) is 0 Å². The number of carbonyl (C=O) groups excluding carboxylic acids is 4. The highest BCUT2D eigenvalue weighted by Crippen LogP contribution is 2.47. The highest BCUT2D eigenvalue weighted by atomic mass is 32.2. The summed E-state index contributed by atoms with van der Waals surface area (Å²) in [5.74, 6) is -1.50. The number of methoxy groups -OCH3 is 1. The molecule has 57 heavy (non-hydrogen) atoms. The predicted molar refractivity (Wildman–Crippen MR) is 212 cm³/mol. The first-order chi connectivity index (χ1) is 27.5. The molecule has 310 valence electrons. The molecule has 1 aromatic carbocycles. The van der Waals surface area contributed by atoms with Crippen molar-refractivity contribution < 1.29 is 41.8 Å². The van der Waals surface area contributed by atoms with Crippen LogP contribution >= 0.6 is 0 Å². The van der Waals surface area contributed by atoms with E-state index >= 15 is 0 Å².